The lowest BCUT2D eigenvalue weighted by Crippen LogP contribution is -2.36. The highest BCUT2D eigenvalue weighted by atomic mass is 32.1. The number of rotatable bonds is 7. The minimum Gasteiger partial charge on any atom is -0.435 e. The van der Waals surface area contributed by atoms with E-state index in [4.69, 9.17) is 0 Å². The molecule has 0 radical (unpaired) electrons. The number of alkyl halides is 2. The molecule has 2 N–H and O–H groups in total. The molecule has 6 heteroatoms. The molecule has 2 aromatic rings. The maximum Gasteiger partial charge on any atom is 0.387 e. The summed E-state index contributed by atoms with van der Waals surface area (Å²) in [7, 11) is 0. The van der Waals surface area contributed by atoms with Crippen LogP contribution < -0.4 is 10.1 Å². The van der Waals surface area contributed by atoms with Crippen LogP contribution in [-0.2, 0) is 5.60 Å². The second kappa shape index (κ2) is 7.17. The minimum atomic E-state index is -2.82. The van der Waals surface area contributed by atoms with E-state index in [0.717, 1.165) is 11.1 Å². The van der Waals surface area contributed by atoms with E-state index in [1.54, 1.807) is 30.4 Å². The number of benzene rings is 1. The summed E-state index contributed by atoms with van der Waals surface area (Å²) < 4.78 is 28.5. The first-order valence-corrected chi connectivity index (χ1v) is 7.86. The summed E-state index contributed by atoms with van der Waals surface area (Å²) in [5.74, 6) is 0.135. The Hall–Kier alpha value is -1.50. The average Bonchev–Trinajstić information content (AvgIpc) is 3.00. The highest BCUT2D eigenvalue weighted by Crippen LogP contribution is 2.24. The van der Waals surface area contributed by atoms with Gasteiger partial charge in [-0.2, -0.15) is 20.1 Å². The van der Waals surface area contributed by atoms with E-state index in [0.29, 0.717) is 6.54 Å². The summed E-state index contributed by atoms with van der Waals surface area (Å²) in [6.07, 6.45) is 0. The maximum atomic E-state index is 12.1. The van der Waals surface area contributed by atoms with E-state index in [1.165, 1.54) is 12.1 Å². The molecule has 0 aliphatic rings. The highest BCUT2D eigenvalue weighted by molar-refractivity contribution is 7.08. The molecule has 0 aliphatic heterocycles. The van der Waals surface area contributed by atoms with E-state index in [-0.39, 0.29) is 11.8 Å². The third kappa shape index (κ3) is 4.50. The van der Waals surface area contributed by atoms with Crippen LogP contribution in [0.3, 0.4) is 0 Å². The number of aliphatic hydroxyl groups is 1. The number of thiophene rings is 1. The van der Waals surface area contributed by atoms with Crippen LogP contribution in [0.25, 0.3) is 0 Å². The molecule has 0 bridgehead atoms. The zero-order valence-corrected chi connectivity index (χ0v) is 13.2. The molecule has 2 atom stereocenters. The Labute approximate surface area is 132 Å². The topological polar surface area (TPSA) is 41.5 Å². The molecule has 0 aliphatic carbocycles. The van der Waals surface area contributed by atoms with Gasteiger partial charge in [-0.1, -0.05) is 12.1 Å². The van der Waals surface area contributed by atoms with Gasteiger partial charge in [0.2, 0.25) is 0 Å². The number of ether oxygens (including phenoxy) is 1. The van der Waals surface area contributed by atoms with Crippen molar-refractivity contribution in [3.05, 3.63) is 52.2 Å². The number of hydrogen-bond donors (Lipinski definition) is 2. The lowest BCUT2D eigenvalue weighted by atomic mass is 9.98. The van der Waals surface area contributed by atoms with E-state index < -0.39 is 12.2 Å². The Morgan fingerprint density at radius 1 is 1.27 bits per heavy atom. The van der Waals surface area contributed by atoms with Gasteiger partial charge in [-0.05, 0) is 53.9 Å². The molecule has 0 fully saturated rings. The van der Waals surface area contributed by atoms with Crippen molar-refractivity contribution in [3.8, 4) is 5.75 Å². The molecule has 2 unspecified atom stereocenters. The molecule has 0 saturated carbocycles. The van der Waals surface area contributed by atoms with Crippen molar-refractivity contribution >= 4 is 11.3 Å². The van der Waals surface area contributed by atoms with Crippen molar-refractivity contribution in [2.24, 2.45) is 0 Å². The predicted molar refractivity (Wildman–Crippen MR) is 83.4 cm³/mol. The minimum absolute atomic E-state index is 0.0225. The maximum absolute atomic E-state index is 12.1. The van der Waals surface area contributed by atoms with Crippen molar-refractivity contribution in [1.82, 2.24) is 5.32 Å². The van der Waals surface area contributed by atoms with Gasteiger partial charge in [0, 0.05) is 12.6 Å². The van der Waals surface area contributed by atoms with Gasteiger partial charge in [0.25, 0.3) is 0 Å². The second-order valence-electron chi connectivity index (χ2n) is 5.34. The van der Waals surface area contributed by atoms with Crippen LogP contribution in [0.4, 0.5) is 8.78 Å². The third-order valence-electron chi connectivity index (χ3n) is 3.50. The molecular formula is C16H19F2NO2S. The smallest absolute Gasteiger partial charge is 0.387 e. The van der Waals surface area contributed by atoms with Gasteiger partial charge < -0.3 is 15.2 Å². The van der Waals surface area contributed by atoms with Crippen LogP contribution in [0.5, 0.6) is 5.75 Å². The summed E-state index contributed by atoms with van der Waals surface area (Å²) in [5, 5.41) is 17.6. The van der Waals surface area contributed by atoms with E-state index >= 15 is 0 Å². The fourth-order valence-electron chi connectivity index (χ4n) is 2.08. The van der Waals surface area contributed by atoms with Crippen LogP contribution in [-0.4, -0.2) is 18.3 Å². The molecule has 2 rings (SSSR count). The number of nitrogens with one attached hydrogen (secondary N) is 1. The van der Waals surface area contributed by atoms with Crippen LogP contribution in [0.15, 0.2) is 41.1 Å². The standard InChI is InChI=1S/C16H19F2NO2S/c1-11(12-3-5-14(6-4-12)21-15(17)18)19-10-16(2,20)13-7-8-22-9-13/h3-9,11,15,19-20H,10H2,1-2H3. The van der Waals surface area contributed by atoms with Crippen molar-refractivity contribution in [2.75, 3.05) is 6.54 Å². The van der Waals surface area contributed by atoms with Gasteiger partial charge in [-0.15, -0.1) is 0 Å². The monoisotopic (exact) mass is 327 g/mol. The summed E-state index contributed by atoms with van der Waals surface area (Å²) in [6, 6.07) is 8.36. The quantitative estimate of drug-likeness (QED) is 0.810. The van der Waals surface area contributed by atoms with Crippen molar-refractivity contribution in [2.45, 2.75) is 32.1 Å². The van der Waals surface area contributed by atoms with Crippen molar-refractivity contribution < 1.29 is 18.6 Å². The fourth-order valence-corrected chi connectivity index (χ4v) is 2.86. The summed E-state index contributed by atoms with van der Waals surface area (Å²) in [5.41, 5.74) is 0.855. The van der Waals surface area contributed by atoms with Crippen molar-refractivity contribution in [3.63, 3.8) is 0 Å². The lowest BCUT2D eigenvalue weighted by molar-refractivity contribution is -0.0498. The van der Waals surface area contributed by atoms with Crippen molar-refractivity contribution in [1.29, 1.82) is 0 Å². The first-order chi connectivity index (χ1) is 10.4. The summed E-state index contributed by atoms with van der Waals surface area (Å²) >= 11 is 1.54. The highest BCUT2D eigenvalue weighted by Gasteiger charge is 2.24. The molecule has 0 saturated heterocycles. The Morgan fingerprint density at radius 3 is 2.50 bits per heavy atom. The zero-order valence-electron chi connectivity index (χ0n) is 12.4. The first-order valence-electron chi connectivity index (χ1n) is 6.92. The average molecular weight is 327 g/mol. The second-order valence-corrected chi connectivity index (χ2v) is 6.12. The van der Waals surface area contributed by atoms with Gasteiger partial charge >= 0.3 is 6.61 Å². The van der Waals surface area contributed by atoms with Gasteiger partial charge in [-0.3, -0.25) is 0 Å². The summed E-state index contributed by atoms with van der Waals surface area (Å²) in [4.78, 5) is 0. The Kier molecular flexibility index (Phi) is 5.50. The number of hydrogen-bond acceptors (Lipinski definition) is 4. The van der Waals surface area contributed by atoms with Crippen LogP contribution in [0, 0.1) is 0 Å². The fraction of sp³-hybridized carbons (Fsp3) is 0.375. The Balaban J connectivity index is 1.93. The van der Waals surface area contributed by atoms with Crippen LogP contribution in [0.2, 0.25) is 0 Å². The van der Waals surface area contributed by atoms with Gasteiger partial charge in [0.15, 0.2) is 0 Å². The Morgan fingerprint density at radius 2 is 1.95 bits per heavy atom. The normalized spacial score (nSPS) is 15.5. The van der Waals surface area contributed by atoms with E-state index in [1.807, 2.05) is 23.8 Å². The van der Waals surface area contributed by atoms with Gasteiger partial charge in [0.05, 0.1) is 0 Å². The third-order valence-corrected chi connectivity index (χ3v) is 4.18. The molecule has 120 valence electrons. The first kappa shape index (κ1) is 16.9. The molecule has 22 heavy (non-hydrogen) atoms. The number of halogens is 2. The van der Waals surface area contributed by atoms with Crippen LogP contribution in [0.1, 0.15) is 31.0 Å². The predicted octanol–water partition coefficient (Wildman–Crippen LogP) is 3.91. The molecule has 1 heterocycles. The Bertz CT molecular complexity index is 570. The molecular weight excluding hydrogens is 308 g/mol. The molecule has 1 aromatic heterocycles. The SMILES string of the molecule is CC(NCC(C)(O)c1ccsc1)c1ccc(OC(F)F)cc1. The van der Waals surface area contributed by atoms with E-state index in [9.17, 15) is 13.9 Å². The molecule has 0 spiro atoms. The molecule has 0 amide bonds. The largest absolute Gasteiger partial charge is 0.435 e. The van der Waals surface area contributed by atoms with E-state index in [2.05, 4.69) is 10.1 Å². The van der Waals surface area contributed by atoms with Gasteiger partial charge in [-0.25, -0.2) is 0 Å². The zero-order chi connectivity index (χ0) is 16.2. The van der Waals surface area contributed by atoms with Crippen LogP contribution >= 0.6 is 11.3 Å². The molecule has 1 aromatic carbocycles. The summed E-state index contributed by atoms with van der Waals surface area (Å²) in [6.45, 7) is 1.28. The lowest BCUT2D eigenvalue weighted by Gasteiger charge is -2.25. The molecule has 3 nitrogen and oxygen atoms in total. The van der Waals surface area contributed by atoms with Gasteiger partial charge in [0.1, 0.15) is 11.4 Å².